The maximum absolute atomic E-state index is 12.5. The quantitative estimate of drug-likeness (QED) is 0.930. The molecule has 2 heterocycles. The Hall–Kier alpha value is -1.53. The number of halogens is 2. The Balaban J connectivity index is 1.85. The fraction of sp³-hybridized carbons (Fsp3) is 0.400. The molecule has 0 bridgehead atoms. The molecular formula is C15H16F2N2OS. The van der Waals surface area contributed by atoms with Gasteiger partial charge in [0.2, 0.25) is 0 Å². The van der Waals surface area contributed by atoms with Crippen molar-refractivity contribution < 1.29 is 13.5 Å². The molecule has 0 amide bonds. The molecule has 0 spiro atoms. The van der Waals surface area contributed by atoms with Crippen molar-refractivity contribution in [2.75, 3.05) is 13.1 Å². The maximum Gasteiger partial charge on any atom is 0.387 e. The fourth-order valence-corrected chi connectivity index (χ4v) is 3.54. The first-order valence-electron chi connectivity index (χ1n) is 6.94. The van der Waals surface area contributed by atoms with Crippen LogP contribution in [0.1, 0.15) is 23.8 Å². The van der Waals surface area contributed by atoms with Gasteiger partial charge >= 0.3 is 6.61 Å². The third-order valence-corrected chi connectivity index (χ3v) is 4.60. The zero-order valence-corrected chi connectivity index (χ0v) is 12.2. The smallest absolute Gasteiger partial charge is 0.387 e. The number of para-hydroxylation sites is 1. The van der Waals surface area contributed by atoms with Gasteiger partial charge in [0.25, 0.3) is 0 Å². The van der Waals surface area contributed by atoms with E-state index < -0.39 is 6.61 Å². The van der Waals surface area contributed by atoms with E-state index in [1.54, 1.807) is 35.6 Å². The van der Waals surface area contributed by atoms with Crippen molar-refractivity contribution in [3.63, 3.8) is 0 Å². The molecule has 1 aliphatic rings. The largest absolute Gasteiger partial charge is 0.434 e. The Bertz CT molecular complexity index is 597. The van der Waals surface area contributed by atoms with Crippen LogP contribution < -0.4 is 10.1 Å². The molecule has 1 aromatic heterocycles. The molecule has 2 aromatic rings. The SMILES string of the molecule is FC(F)Oc1ccccc1-c1csc(C2CCNCC2)n1. The molecule has 21 heavy (non-hydrogen) atoms. The predicted octanol–water partition coefficient (Wildman–Crippen LogP) is 3.88. The molecule has 0 aliphatic carbocycles. The molecule has 1 N–H and O–H groups in total. The monoisotopic (exact) mass is 310 g/mol. The number of ether oxygens (including phenoxy) is 1. The van der Waals surface area contributed by atoms with E-state index in [0.717, 1.165) is 30.9 Å². The van der Waals surface area contributed by atoms with Gasteiger partial charge in [0.1, 0.15) is 5.75 Å². The summed E-state index contributed by atoms with van der Waals surface area (Å²) >= 11 is 1.60. The van der Waals surface area contributed by atoms with Gasteiger partial charge in [-0.1, -0.05) is 12.1 Å². The van der Waals surface area contributed by atoms with E-state index in [4.69, 9.17) is 0 Å². The second-order valence-electron chi connectivity index (χ2n) is 4.97. The van der Waals surface area contributed by atoms with Crippen molar-refractivity contribution in [1.82, 2.24) is 10.3 Å². The third-order valence-electron chi connectivity index (χ3n) is 3.59. The number of hydrogen-bond acceptors (Lipinski definition) is 4. The van der Waals surface area contributed by atoms with Crippen molar-refractivity contribution >= 4 is 11.3 Å². The van der Waals surface area contributed by atoms with Gasteiger partial charge in [-0.25, -0.2) is 4.98 Å². The van der Waals surface area contributed by atoms with Crippen LogP contribution in [0.5, 0.6) is 5.75 Å². The van der Waals surface area contributed by atoms with E-state index in [2.05, 4.69) is 15.0 Å². The summed E-state index contributed by atoms with van der Waals surface area (Å²) in [6, 6.07) is 6.79. The molecule has 0 atom stereocenters. The van der Waals surface area contributed by atoms with Crippen molar-refractivity contribution in [1.29, 1.82) is 0 Å². The molecule has 0 radical (unpaired) electrons. The molecular weight excluding hydrogens is 294 g/mol. The number of hydrogen-bond donors (Lipinski definition) is 1. The number of piperidine rings is 1. The first-order valence-corrected chi connectivity index (χ1v) is 7.82. The minimum atomic E-state index is -2.83. The lowest BCUT2D eigenvalue weighted by atomic mass is 9.99. The first kappa shape index (κ1) is 14.4. The van der Waals surface area contributed by atoms with E-state index in [9.17, 15) is 8.78 Å². The van der Waals surface area contributed by atoms with Crippen LogP contribution in [0.15, 0.2) is 29.6 Å². The van der Waals surface area contributed by atoms with Crippen molar-refractivity contribution in [3.05, 3.63) is 34.7 Å². The van der Waals surface area contributed by atoms with E-state index in [0.29, 0.717) is 17.2 Å². The zero-order chi connectivity index (χ0) is 14.7. The van der Waals surface area contributed by atoms with Crippen LogP contribution in [-0.2, 0) is 0 Å². The number of nitrogens with zero attached hydrogens (tertiary/aromatic N) is 1. The van der Waals surface area contributed by atoms with E-state index in [1.165, 1.54) is 0 Å². The molecule has 112 valence electrons. The fourth-order valence-electron chi connectivity index (χ4n) is 2.54. The normalized spacial score (nSPS) is 16.3. The van der Waals surface area contributed by atoms with Crippen LogP contribution in [0.3, 0.4) is 0 Å². The van der Waals surface area contributed by atoms with Gasteiger partial charge in [-0.15, -0.1) is 11.3 Å². The van der Waals surface area contributed by atoms with Crippen LogP contribution in [-0.4, -0.2) is 24.7 Å². The van der Waals surface area contributed by atoms with E-state index in [1.807, 2.05) is 5.38 Å². The van der Waals surface area contributed by atoms with Crippen LogP contribution >= 0.6 is 11.3 Å². The number of aromatic nitrogens is 1. The Kier molecular flexibility index (Phi) is 4.45. The zero-order valence-electron chi connectivity index (χ0n) is 11.4. The van der Waals surface area contributed by atoms with Gasteiger partial charge in [0, 0.05) is 16.9 Å². The summed E-state index contributed by atoms with van der Waals surface area (Å²) in [5, 5.41) is 6.33. The minimum Gasteiger partial charge on any atom is -0.434 e. The molecule has 1 aromatic carbocycles. The van der Waals surface area contributed by atoms with Gasteiger partial charge in [0.15, 0.2) is 0 Å². The summed E-state index contributed by atoms with van der Waals surface area (Å²) in [4.78, 5) is 4.64. The van der Waals surface area contributed by atoms with E-state index in [-0.39, 0.29) is 5.75 Å². The van der Waals surface area contributed by atoms with Gasteiger partial charge in [-0.3, -0.25) is 0 Å². The highest BCUT2D eigenvalue weighted by Crippen LogP contribution is 2.35. The minimum absolute atomic E-state index is 0.176. The third kappa shape index (κ3) is 3.39. The van der Waals surface area contributed by atoms with Crippen LogP contribution in [0.25, 0.3) is 11.3 Å². The Morgan fingerprint density at radius 2 is 2.00 bits per heavy atom. The molecule has 6 heteroatoms. The number of alkyl halides is 2. The highest BCUT2D eigenvalue weighted by Gasteiger charge is 2.20. The summed E-state index contributed by atoms with van der Waals surface area (Å²) in [6.45, 7) is -0.816. The van der Waals surface area contributed by atoms with Crippen molar-refractivity contribution in [2.45, 2.75) is 25.4 Å². The standard InChI is InChI=1S/C15H16F2N2OS/c16-15(17)20-13-4-2-1-3-11(13)12-9-21-14(19-12)10-5-7-18-8-6-10/h1-4,9-10,15,18H,5-8H2. The second kappa shape index (κ2) is 6.49. The topological polar surface area (TPSA) is 34.1 Å². The van der Waals surface area contributed by atoms with E-state index >= 15 is 0 Å². The van der Waals surface area contributed by atoms with Gasteiger partial charge in [0.05, 0.1) is 10.7 Å². The number of nitrogens with one attached hydrogen (secondary N) is 1. The lowest BCUT2D eigenvalue weighted by Crippen LogP contribution is -2.26. The summed E-state index contributed by atoms with van der Waals surface area (Å²) in [5.41, 5.74) is 1.33. The molecule has 3 nitrogen and oxygen atoms in total. The Labute approximate surface area is 126 Å². The second-order valence-corrected chi connectivity index (χ2v) is 5.86. The number of thiazole rings is 1. The lowest BCUT2D eigenvalue weighted by molar-refractivity contribution is -0.0494. The predicted molar refractivity (Wildman–Crippen MR) is 79.0 cm³/mol. The first-order chi connectivity index (χ1) is 10.2. The molecule has 1 aliphatic heterocycles. The summed E-state index contributed by atoms with van der Waals surface area (Å²) in [6.07, 6.45) is 2.14. The lowest BCUT2D eigenvalue weighted by Gasteiger charge is -2.20. The van der Waals surface area contributed by atoms with Gasteiger partial charge in [-0.2, -0.15) is 8.78 Å². The number of benzene rings is 1. The van der Waals surface area contributed by atoms with Crippen LogP contribution in [0.4, 0.5) is 8.78 Å². The van der Waals surface area contributed by atoms with Gasteiger partial charge in [-0.05, 0) is 38.1 Å². The summed E-state index contributed by atoms with van der Waals surface area (Å²) < 4.78 is 29.5. The highest BCUT2D eigenvalue weighted by molar-refractivity contribution is 7.10. The molecule has 3 rings (SSSR count). The Morgan fingerprint density at radius 3 is 2.76 bits per heavy atom. The average Bonchev–Trinajstić information content (AvgIpc) is 2.98. The maximum atomic E-state index is 12.5. The van der Waals surface area contributed by atoms with Gasteiger partial charge < -0.3 is 10.1 Å². The molecule has 1 saturated heterocycles. The van der Waals surface area contributed by atoms with Crippen molar-refractivity contribution in [2.24, 2.45) is 0 Å². The van der Waals surface area contributed by atoms with Crippen LogP contribution in [0, 0.1) is 0 Å². The Morgan fingerprint density at radius 1 is 1.24 bits per heavy atom. The molecule has 0 unspecified atom stereocenters. The average molecular weight is 310 g/mol. The highest BCUT2D eigenvalue weighted by atomic mass is 32.1. The summed E-state index contributed by atoms with van der Waals surface area (Å²) in [5.74, 6) is 0.642. The summed E-state index contributed by atoms with van der Waals surface area (Å²) in [7, 11) is 0. The molecule has 1 fully saturated rings. The van der Waals surface area contributed by atoms with Crippen LogP contribution in [0.2, 0.25) is 0 Å². The van der Waals surface area contributed by atoms with Crippen molar-refractivity contribution in [3.8, 4) is 17.0 Å². The molecule has 0 saturated carbocycles. The number of rotatable bonds is 4.